The fourth-order valence-electron chi connectivity index (χ4n) is 2.00. The summed E-state index contributed by atoms with van der Waals surface area (Å²) in [6.07, 6.45) is -2.55. The molecule has 2 rings (SSSR count). The Balaban J connectivity index is 1.95. The molecule has 2 N–H and O–H groups in total. The van der Waals surface area contributed by atoms with Gasteiger partial charge >= 0.3 is 12.1 Å². The summed E-state index contributed by atoms with van der Waals surface area (Å²) in [4.78, 5) is 32.9. The first-order valence-corrected chi connectivity index (χ1v) is 7.15. The number of aromatic amines is 1. The number of pyridine rings is 1. The molecule has 134 valence electrons. The molecule has 0 bridgehead atoms. The quantitative estimate of drug-likeness (QED) is 0.799. The van der Waals surface area contributed by atoms with Crippen molar-refractivity contribution in [3.63, 3.8) is 0 Å². The number of methoxy groups -OCH3 is 1. The number of rotatable bonds is 5. The van der Waals surface area contributed by atoms with Crippen molar-refractivity contribution in [3.8, 4) is 0 Å². The van der Waals surface area contributed by atoms with Gasteiger partial charge in [0.15, 0.2) is 0 Å². The number of H-pyrrole nitrogens is 1. The van der Waals surface area contributed by atoms with Crippen molar-refractivity contribution in [1.29, 1.82) is 0 Å². The van der Waals surface area contributed by atoms with Gasteiger partial charge < -0.3 is 15.0 Å². The van der Waals surface area contributed by atoms with Gasteiger partial charge in [-0.3, -0.25) is 4.79 Å². The van der Waals surface area contributed by atoms with E-state index < -0.39 is 29.8 Å². The second-order valence-electron chi connectivity index (χ2n) is 5.19. The fourth-order valence-corrected chi connectivity index (χ4v) is 2.00. The number of halogens is 3. The predicted octanol–water partition coefficient (Wildman–Crippen LogP) is 2.03. The maximum Gasteiger partial charge on any atom is 0.432 e. The van der Waals surface area contributed by atoms with Crippen LogP contribution in [-0.2, 0) is 22.1 Å². The van der Waals surface area contributed by atoms with Crippen LogP contribution in [0.15, 0.2) is 24.5 Å². The van der Waals surface area contributed by atoms with Gasteiger partial charge in [0, 0.05) is 6.20 Å². The Hall–Kier alpha value is -2.91. The molecule has 0 aliphatic heterocycles. The second kappa shape index (κ2) is 7.32. The Labute approximate surface area is 140 Å². The third-order valence-electron chi connectivity index (χ3n) is 3.27. The summed E-state index contributed by atoms with van der Waals surface area (Å²) in [5, 5.41) is 2.54. The molecule has 0 aliphatic rings. The summed E-state index contributed by atoms with van der Waals surface area (Å²) in [5.74, 6) is -1.02. The molecule has 1 amide bonds. The van der Waals surface area contributed by atoms with Gasteiger partial charge in [-0.2, -0.15) is 13.2 Å². The summed E-state index contributed by atoms with van der Waals surface area (Å²) < 4.78 is 42.1. The molecule has 1 unspecified atom stereocenters. The lowest BCUT2D eigenvalue weighted by Gasteiger charge is -2.12. The van der Waals surface area contributed by atoms with E-state index in [0.717, 1.165) is 0 Å². The average Bonchev–Trinajstić information content (AvgIpc) is 3.05. The second-order valence-corrected chi connectivity index (χ2v) is 5.19. The SMILES string of the molecule is COC(=O)c1ccc(CC(=O)NC(C)c2ncc(C(F)(F)F)[nH]2)cn1. The number of aromatic nitrogens is 3. The van der Waals surface area contributed by atoms with E-state index in [4.69, 9.17) is 0 Å². The number of alkyl halides is 3. The first-order chi connectivity index (χ1) is 11.7. The zero-order chi connectivity index (χ0) is 18.6. The third kappa shape index (κ3) is 4.78. The van der Waals surface area contributed by atoms with Crippen molar-refractivity contribution in [2.45, 2.75) is 25.6 Å². The van der Waals surface area contributed by atoms with E-state index in [-0.39, 0.29) is 17.9 Å². The third-order valence-corrected chi connectivity index (χ3v) is 3.27. The van der Waals surface area contributed by atoms with E-state index in [2.05, 4.69) is 25.0 Å². The summed E-state index contributed by atoms with van der Waals surface area (Å²) in [5.41, 5.74) is -0.339. The highest BCUT2D eigenvalue weighted by Gasteiger charge is 2.33. The molecule has 10 heteroatoms. The van der Waals surface area contributed by atoms with E-state index in [1.165, 1.54) is 32.4 Å². The molecular weight excluding hydrogens is 341 g/mol. The standard InChI is InChI=1S/C15H15F3N4O3/c1-8(13-20-7-11(22-13)15(16,17)18)21-12(23)5-9-3-4-10(19-6-9)14(24)25-2/h3-4,6-8H,5H2,1-2H3,(H,20,22)(H,21,23). The van der Waals surface area contributed by atoms with E-state index in [0.29, 0.717) is 11.8 Å². The van der Waals surface area contributed by atoms with Crippen LogP contribution in [-0.4, -0.2) is 33.9 Å². The van der Waals surface area contributed by atoms with E-state index >= 15 is 0 Å². The van der Waals surface area contributed by atoms with Gasteiger partial charge in [0.25, 0.3) is 0 Å². The lowest BCUT2D eigenvalue weighted by molar-refractivity contribution is -0.141. The van der Waals surface area contributed by atoms with E-state index in [1.54, 1.807) is 0 Å². The molecule has 25 heavy (non-hydrogen) atoms. The maximum atomic E-state index is 12.5. The minimum absolute atomic E-state index is 0.000149. The van der Waals surface area contributed by atoms with Crippen LogP contribution in [0.2, 0.25) is 0 Å². The van der Waals surface area contributed by atoms with Gasteiger partial charge in [-0.05, 0) is 18.6 Å². The van der Waals surface area contributed by atoms with Gasteiger partial charge in [0.2, 0.25) is 5.91 Å². The lowest BCUT2D eigenvalue weighted by Crippen LogP contribution is -2.29. The maximum absolute atomic E-state index is 12.5. The Morgan fingerprint density at radius 2 is 2.00 bits per heavy atom. The fraction of sp³-hybridized carbons (Fsp3) is 0.333. The smallest absolute Gasteiger partial charge is 0.432 e. The molecule has 7 nitrogen and oxygen atoms in total. The summed E-state index contributed by atoms with van der Waals surface area (Å²) in [6, 6.07) is 2.23. The van der Waals surface area contributed by atoms with Crippen LogP contribution < -0.4 is 5.32 Å². The number of nitrogens with one attached hydrogen (secondary N) is 2. The molecule has 0 aromatic carbocycles. The molecule has 0 fully saturated rings. The van der Waals surface area contributed by atoms with E-state index in [9.17, 15) is 22.8 Å². The van der Waals surface area contributed by atoms with Gasteiger partial charge in [-0.15, -0.1) is 0 Å². The monoisotopic (exact) mass is 356 g/mol. The average molecular weight is 356 g/mol. The molecule has 0 aliphatic carbocycles. The van der Waals surface area contributed by atoms with Crippen molar-refractivity contribution < 1.29 is 27.5 Å². The largest absolute Gasteiger partial charge is 0.464 e. The van der Waals surface area contributed by atoms with Crippen LogP contribution in [0.5, 0.6) is 0 Å². The zero-order valence-corrected chi connectivity index (χ0v) is 13.3. The van der Waals surface area contributed by atoms with Crippen LogP contribution in [0.4, 0.5) is 13.2 Å². The number of nitrogens with zero attached hydrogens (tertiary/aromatic N) is 2. The Morgan fingerprint density at radius 1 is 1.28 bits per heavy atom. The molecule has 2 aromatic heterocycles. The minimum atomic E-state index is -4.53. The van der Waals surface area contributed by atoms with Gasteiger partial charge in [-0.25, -0.2) is 14.8 Å². The first-order valence-electron chi connectivity index (χ1n) is 7.15. The van der Waals surface area contributed by atoms with Gasteiger partial charge in [0.05, 0.1) is 25.8 Å². The number of carbonyl (C=O) groups is 2. The number of hydrogen-bond donors (Lipinski definition) is 2. The van der Waals surface area contributed by atoms with Crippen molar-refractivity contribution in [1.82, 2.24) is 20.3 Å². The number of carbonyl (C=O) groups excluding carboxylic acids is 2. The predicted molar refractivity (Wildman–Crippen MR) is 79.4 cm³/mol. The Morgan fingerprint density at radius 3 is 2.52 bits per heavy atom. The highest BCUT2D eigenvalue weighted by molar-refractivity contribution is 5.87. The van der Waals surface area contributed by atoms with Gasteiger partial charge in [-0.1, -0.05) is 6.07 Å². The summed E-state index contributed by atoms with van der Waals surface area (Å²) >= 11 is 0. The molecule has 1 atom stereocenters. The van der Waals surface area contributed by atoms with E-state index in [1.807, 2.05) is 0 Å². The molecule has 2 heterocycles. The lowest BCUT2D eigenvalue weighted by atomic mass is 10.2. The van der Waals surface area contributed by atoms with Crippen LogP contribution in [0.25, 0.3) is 0 Å². The molecule has 0 saturated heterocycles. The Bertz CT molecular complexity index is 756. The normalized spacial score (nSPS) is 12.5. The number of imidazole rings is 1. The zero-order valence-electron chi connectivity index (χ0n) is 13.3. The number of ether oxygens (including phenoxy) is 1. The highest BCUT2D eigenvalue weighted by atomic mass is 19.4. The van der Waals surface area contributed by atoms with Crippen LogP contribution in [0, 0.1) is 0 Å². The minimum Gasteiger partial charge on any atom is -0.464 e. The van der Waals surface area contributed by atoms with Crippen molar-refractivity contribution >= 4 is 11.9 Å². The van der Waals surface area contributed by atoms with Crippen LogP contribution in [0.3, 0.4) is 0 Å². The number of amides is 1. The molecule has 0 radical (unpaired) electrons. The van der Waals surface area contributed by atoms with Crippen molar-refractivity contribution in [2.75, 3.05) is 7.11 Å². The molecule has 0 saturated carbocycles. The highest BCUT2D eigenvalue weighted by Crippen LogP contribution is 2.28. The topological polar surface area (TPSA) is 97.0 Å². The molecule has 2 aromatic rings. The summed E-state index contributed by atoms with van der Waals surface area (Å²) in [6.45, 7) is 1.51. The van der Waals surface area contributed by atoms with Crippen molar-refractivity contribution in [2.24, 2.45) is 0 Å². The first kappa shape index (κ1) is 18.4. The van der Waals surface area contributed by atoms with Gasteiger partial charge in [0.1, 0.15) is 17.2 Å². The van der Waals surface area contributed by atoms with Crippen LogP contribution >= 0.6 is 0 Å². The number of hydrogen-bond acceptors (Lipinski definition) is 5. The molecule has 0 spiro atoms. The number of esters is 1. The Kier molecular flexibility index (Phi) is 5.40. The van der Waals surface area contributed by atoms with Crippen molar-refractivity contribution in [3.05, 3.63) is 47.3 Å². The molecular formula is C15H15F3N4O3. The summed E-state index contributed by atoms with van der Waals surface area (Å²) in [7, 11) is 1.23. The van der Waals surface area contributed by atoms with Crippen LogP contribution in [0.1, 0.15) is 40.5 Å².